The molecule has 1 aliphatic carbocycles. The van der Waals surface area contributed by atoms with Crippen molar-refractivity contribution < 1.29 is 0 Å². The summed E-state index contributed by atoms with van der Waals surface area (Å²) in [4.78, 5) is 5.15. The first-order chi connectivity index (χ1) is 8.58. The number of likely N-dealkylation sites (N-methyl/N-ethyl adjacent to an activating group) is 1. The van der Waals surface area contributed by atoms with Crippen molar-refractivity contribution in [2.45, 2.75) is 70.6 Å². The SMILES string of the molecule is CC(C)N1CCC(NCC(C)N(C)C2CC2)CC1. The lowest BCUT2D eigenvalue weighted by atomic mass is 10.0. The number of hydrogen-bond donors (Lipinski definition) is 1. The summed E-state index contributed by atoms with van der Waals surface area (Å²) in [6.07, 6.45) is 5.46. The molecule has 3 heteroatoms. The third kappa shape index (κ3) is 3.94. The zero-order valence-corrected chi connectivity index (χ0v) is 12.7. The molecule has 1 saturated carbocycles. The Morgan fingerprint density at radius 2 is 1.72 bits per heavy atom. The lowest BCUT2D eigenvalue weighted by molar-refractivity contribution is 0.154. The van der Waals surface area contributed by atoms with E-state index in [1.165, 1.54) is 38.8 Å². The minimum Gasteiger partial charge on any atom is -0.312 e. The van der Waals surface area contributed by atoms with Gasteiger partial charge < -0.3 is 10.2 Å². The number of rotatable bonds is 6. The van der Waals surface area contributed by atoms with Crippen molar-refractivity contribution in [2.24, 2.45) is 0 Å². The molecule has 106 valence electrons. The molecule has 0 aromatic carbocycles. The summed E-state index contributed by atoms with van der Waals surface area (Å²) >= 11 is 0. The second-order valence-corrected chi connectivity index (χ2v) is 6.56. The molecular formula is C15H31N3. The van der Waals surface area contributed by atoms with E-state index in [1.807, 2.05) is 0 Å². The Kier molecular flexibility index (Phi) is 5.05. The monoisotopic (exact) mass is 253 g/mol. The molecule has 18 heavy (non-hydrogen) atoms. The zero-order valence-electron chi connectivity index (χ0n) is 12.7. The Morgan fingerprint density at radius 1 is 1.11 bits per heavy atom. The van der Waals surface area contributed by atoms with E-state index in [-0.39, 0.29) is 0 Å². The Bertz CT molecular complexity index is 242. The summed E-state index contributed by atoms with van der Waals surface area (Å²) in [5.74, 6) is 0. The molecule has 2 rings (SSSR count). The first-order valence-electron chi connectivity index (χ1n) is 7.77. The maximum atomic E-state index is 3.78. The van der Waals surface area contributed by atoms with Crippen molar-refractivity contribution in [2.75, 3.05) is 26.7 Å². The van der Waals surface area contributed by atoms with E-state index in [9.17, 15) is 0 Å². The Hall–Kier alpha value is -0.120. The second-order valence-electron chi connectivity index (χ2n) is 6.56. The molecule has 0 aromatic heterocycles. The lowest BCUT2D eigenvalue weighted by Crippen LogP contribution is -2.48. The van der Waals surface area contributed by atoms with Crippen LogP contribution in [-0.4, -0.2) is 60.6 Å². The minimum absolute atomic E-state index is 0.681. The number of piperidine rings is 1. The van der Waals surface area contributed by atoms with Gasteiger partial charge in [-0.05, 0) is 66.6 Å². The van der Waals surface area contributed by atoms with Crippen molar-refractivity contribution >= 4 is 0 Å². The molecule has 1 aliphatic heterocycles. The van der Waals surface area contributed by atoms with Crippen LogP contribution in [0, 0.1) is 0 Å². The lowest BCUT2D eigenvalue weighted by Gasteiger charge is -2.36. The Morgan fingerprint density at radius 3 is 2.22 bits per heavy atom. The topological polar surface area (TPSA) is 18.5 Å². The smallest absolute Gasteiger partial charge is 0.0192 e. The van der Waals surface area contributed by atoms with Crippen LogP contribution >= 0.6 is 0 Å². The summed E-state index contributed by atoms with van der Waals surface area (Å²) in [6.45, 7) is 10.7. The highest BCUT2D eigenvalue weighted by Crippen LogP contribution is 2.26. The average Bonchev–Trinajstić information content (AvgIpc) is 3.19. The minimum atomic E-state index is 0.681. The van der Waals surface area contributed by atoms with E-state index in [1.54, 1.807) is 0 Å². The molecule has 0 amide bonds. The standard InChI is InChI=1S/C15H31N3/c1-12(2)18-9-7-14(8-10-18)16-11-13(3)17(4)15-5-6-15/h12-16H,5-11H2,1-4H3. The van der Waals surface area contributed by atoms with Crippen molar-refractivity contribution in [1.29, 1.82) is 0 Å². The molecule has 0 radical (unpaired) electrons. The molecule has 1 N–H and O–H groups in total. The van der Waals surface area contributed by atoms with Gasteiger partial charge in [0.25, 0.3) is 0 Å². The van der Waals surface area contributed by atoms with Crippen molar-refractivity contribution in [3.63, 3.8) is 0 Å². The van der Waals surface area contributed by atoms with Crippen LogP contribution in [-0.2, 0) is 0 Å². The second kappa shape index (κ2) is 6.36. The van der Waals surface area contributed by atoms with Gasteiger partial charge in [0.05, 0.1) is 0 Å². The van der Waals surface area contributed by atoms with Gasteiger partial charge in [0.2, 0.25) is 0 Å². The fourth-order valence-electron chi connectivity index (χ4n) is 2.94. The summed E-state index contributed by atoms with van der Waals surface area (Å²) in [6, 6.07) is 3.02. The quantitative estimate of drug-likeness (QED) is 0.780. The van der Waals surface area contributed by atoms with Crippen LogP contribution in [0.2, 0.25) is 0 Å². The van der Waals surface area contributed by atoms with Gasteiger partial charge in [0, 0.05) is 30.7 Å². The average molecular weight is 253 g/mol. The van der Waals surface area contributed by atoms with E-state index in [0.29, 0.717) is 12.1 Å². The molecule has 1 unspecified atom stereocenters. The van der Waals surface area contributed by atoms with Crippen molar-refractivity contribution in [3.05, 3.63) is 0 Å². The highest BCUT2D eigenvalue weighted by Gasteiger charge is 2.29. The fourth-order valence-corrected chi connectivity index (χ4v) is 2.94. The molecule has 2 aliphatic rings. The van der Waals surface area contributed by atoms with E-state index < -0.39 is 0 Å². The van der Waals surface area contributed by atoms with Crippen LogP contribution in [0.4, 0.5) is 0 Å². The summed E-state index contributed by atoms with van der Waals surface area (Å²) in [5.41, 5.74) is 0. The third-order valence-electron chi connectivity index (χ3n) is 4.78. The van der Waals surface area contributed by atoms with Gasteiger partial charge in [-0.3, -0.25) is 4.90 Å². The molecule has 0 aromatic rings. The number of nitrogens with zero attached hydrogens (tertiary/aromatic N) is 2. The van der Waals surface area contributed by atoms with E-state index in [4.69, 9.17) is 0 Å². The predicted octanol–water partition coefficient (Wildman–Crippen LogP) is 1.93. The molecule has 1 heterocycles. The number of nitrogens with one attached hydrogen (secondary N) is 1. The van der Waals surface area contributed by atoms with Crippen LogP contribution in [0.5, 0.6) is 0 Å². The molecule has 1 atom stereocenters. The van der Waals surface area contributed by atoms with Gasteiger partial charge in [-0.25, -0.2) is 0 Å². The maximum Gasteiger partial charge on any atom is 0.0192 e. The first-order valence-corrected chi connectivity index (χ1v) is 7.77. The molecule has 0 spiro atoms. The van der Waals surface area contributed by atoms with Gasteiger partial charge >= 0.3 is 0 Å². The predicted molar refractivity (Wildman–Crippen MR) is 78.0 cm³/mol. The van der Waals surface area contributed by atoms with Gasteiger partial charge in [-0.1, -0.05) is 0 Å². The van der Waals surface area contributed by atoms with E-state index in [0.717, 1.165) is 18.6 Å². The fraction of sp³-hybridized carbons (Fsp3) is 1.00. The normalized spacial score (nSPS) is 25.0. The van der Waals surface area contributed by atoms with Gasteiger partial charge in [0.15, 0.2) is 0 Å². The van der Waals surface area contributed by atoms with Crippen LogP contribution in [0.15, 0.2) is 0 Å². The van der Waals surface area contributed by atoms with Crippen LogP contribution in [0.3, 0.4) is 0 Å². The van der Waals surface area contributed by atoms with Crippen LogP contribution < -0.4 is 5.32 Å². The largest absolute Gasteiger partial charge is 0.312 e. The Labute approximate surface area is 113 Å². The van der Waals surface area contributed by atoms with Crippen LogP contribution in [0.1, 0.15) is 46.5 Å². The maximum absolute atomic E-state index is 3.78. The molecule has 2 fully saturated rings. The van der Waals surface area contributed by atoms with E-state index in [2.05, 4.69) is 42.9 Å². The van der Waals surface area contributed by atoms with E-state index >= 15 is 0 Å². The van der Waals surface area contributed by atoms with Gasteiger partial charge in [0.1, 0.15) is 0 Å². The highest BCUT2D eigenvalue weighted by molar-refractivity contribution is 4.87. The zero-order chi connectivity index (χ0) is 13.1. The Balaban J connectivity index is 1.62. The van der Waals surface area contributed by atoms with Gasteiger partial charge in [-0.15, -0.1) is 0 Å². The summed E-state index contributed by atoms with van der Waals surface area (Å²) in [7, 11) is 2.28. The summed E-state index contributed by atoms with van der Waals surface area (Å²) < 4.78 is 0. The third-order valence-corrected chi connectivity index (χ3v) is 4.78. The first kappa shape index (κ1) is 14.3. The molecular weight excluding hydrogens is 222 g/mol. The van der Waals surface area contributed by atoms with Gasteiger partial charge in [-0.2, -0.15) is 0 Å². The molecule has 0 bridgehead atoms. The van der Waals surface area contributed by atoms with Crippen LogP contribution in [0.25, 0.3) is 0 Å². The number of hydrogen-bond acceptors (Lipinski definition) is 3. The van der Waals surface area contributed by atoms with Crippen molar-refractivity contribution in [1.82, 2.24) is 15.1 Å². The van der Waals surface area contributed by atoms with Crippen molar-refractivity contribution in [3.8, 4) is 0 Å². The molecule has 1 saturated heterocycles. The summed E-state index contributed by atoms with van der Waals surface area (Å²) in [5, 5.41) is 3.78. The highest BCUT2D eigenvalue weighted by atomic mass is 15.2. The molecule has 3 nitrogen and oxygen atoms in total. The number of likely N-dealkylation sites (tertiary alicyclic amines) is 1.